The Kier molecular flexibility index (Phi) is 4.99. The summed E-state index contributed by atoms with van der Waals surface area (Å²) in [5.74, 6) is 0.0719. The third kappa shape index (κ3) is 4.35. The maximum atomic E-state index is 10.7. The number of aromatic nitrogens is 3. The summed E-state index contributed by atoms with van der Waals surface area (Å²) in [6.45, 7) is 4.86. The van der Waals surface area contributed by atoms with Gasteiger partial charge in [0.15, 0.2) is 0 Å². The van der Waals surface area contributed by atoms with Gasteiger partial charge in [0.1, 0.15) is 5.69 Å². The van der Waals surface area contributed by atoms with Crippen molar-refractivity contribution in [1.82, 2.24) is 20.0 Å². The molecule has 2 aromatic rings. The monoisotopic (exact) mass is 290 g/mol. The van der Waals surface area contributed by atoms with Crippen LogP contribution in [0.25, 0.3) is 11.5 Å². The van der Waals surface area contributed by atoms with Crippen molar-refractivity contribution in [3.8, 4) is 11.5 Å². The molecule has 7 nitrogen and oxygen atoms in total. The van der Waals surface area contributed by atoms with Crippen LogP contribution >= 0.6 is 0 Å². The van der Waals surface area contributed by atoms with E-state index in [1.54, 1.807) is 12.3 Å². The van der Waals surface area contributed by atoms with Gasteiger partial charge in [0, 0.05) is 18.8 Å². The first-order valence-electron chi connectivity index (χ1n) is 6.76. The molecule has 21 heavy (non-hydrogen) atoms. The van der Waals surface area contributed by atoms with Crippen LogP contribution in [0.3, 0.4) is 0 Å². The lowest BCUT2D eigenvalue weighted by atomic mass is 10.3. The van der Waals surface area contributed by atoms with Gasteiger partial charge in [-0.2, -0.15) is 4.98 Å². The lowest BCUT2D eigenvalue weighted by Crippen LogP contribution is -2.32. The normalized spacial score (nSPS) is 11.2. The lowest BCUT2D eigenvalue weighted by molar-refractivity contribution is -0.137. The predicted octanol–water partition coefficient (Wildman–Crippen LogP) is 1.82. The summed E-state index contributed by atoms with van der Waals surface area (Å²) < 4.78 is 5.22. The second-order valence-corrected chi connectivity index (χ2v) is 4.93. The van der Waals surface area contributed by atoms with Crippen LogP contribution in [0.4, 0.5) is 0 Å². The van der Waals surface area contributed by atoms with Gasteiger partial charge in [-0.1, -0.05) is 11.2 Å². The van der Waals surface area contributed by atoms with Gasteiger partial charge in [-0.15, -0.1) is 0 Å². The molecule has 0 saturated carbocycles. The standard InChI is InChI=1S/C14H18N4O3/c1-10(2)18(8-6-13(19)20)9-12-16-14(17-21-12)11-5-3-4-7-15-11/h3-5,7,10H,6,8-9H2,1-2H3,(H,19,20). The van der Waals surface area contributed by atoms with Gasteiger partial charge in [-0.05, 0) is 26.0 Å². The summed E-state index contributed by atoms with van der Waals surface area (Å²) in [6.07, 6.45) is 1.75. The van der Waals surface area contributed by atoms with Crippen molar-refractivity contribution in [2.24, 2.45) is 0 Å². The van der Waals surface area contributed by atoms with E-state index >= 15 is 0 Å². The third-order valence-corrected chi connectivity index (χ3v) is 3.04. The SMILES string of the molecule is CC(C)N(CCC(=O)O)Cc1nc(-c2ccccn2)no1. The maximum Gasteiger partial charge on any atom is 0.304 e. The van der Waals surface area contributed by atoms with Crippen LogP contribution in [0, 0.1) is 0 Å². The Balaban J connectivity index is 2.04. The molecule has 0 unspecified atom stereocenters. The first-order valence-corrected chi connectivity index (χ1v) is 6.76. The van der Waals surface area contributed by atoms with Gasteiger partial charge >= 0.3 is 5.97 Å². The Morgan fingerprint density at radius 2 is 2.24 bits per heavy atom. The Morgan fingerprint density at radius 3 is 2.86 bits per heavy atom. The highest BCUT2D eigenvalue weighted by Crippen LogP contribution is 2.14. The van der Waals surface area contributed by atoms with Crippen molar-refractivity contribution in [2.45, 2.75) is 32.9 Å². The van der Waals surface area contributed by atoms with Crippen LogP contribution in [0.2, 0.25) is 0 Å². The largest absolute Gasteiger partial charge is 0.481 e. The summed E-state index contributed by atoms with van der Waals surface area (Å²) >= 11 is 0. The number of pyridine rings is 1. The van der Waals surface area contributed by atoms with Crippen molar-refractivity contribution >= 4 is 5.97 Å². The van der Waals surface area contributed by atoms with Crippen molar-refractivity contribution in [1.29, 1.82) is 0 Å². The fraction of sp³-hybridized carbons (Fsp3) is 0.429. The summed E-state index contributed by atoms with van der Waals surface area (Å²) in [6, 6.07) is 5.66. The molecule has 0 saturated heterocycles. The number of hydrogen-bond acceptors (Lipinski definition) is 6. The summed E-state index contributed by atoms with van der Waals surface area (Å²) in [5, 5.41) is 12.7. The molecule has 0 fully saturated rings. The highest BCUT2D eigenvalue weighted by Gasteiger charge is 2.16. The molecule has 0 amide bonds. The summed E-state index contributed by atoms with van der Waals surface area (Å²) in [5.41, 5.74) is 0.647. The highest BCUT2D eigenvalue weighted by atomic mass is 16.5. The van der Waals surface area contributed by atoms with Crippen LogP contribution < -0.4 is 0 Å². The minimum absolute atomic E-state index is 0.0828. The number of nitrogens with zero attached hydrogens (tertiary/aromatic N) is 4. The number of aliphatic carboxylic acids is 1. The number of carboxylic acid groups (broad SMARTS) is 1. The average molecular weight is 290 g/mol. The second-order valence-electron chi connectivity index (χ2n) is 4.93. The fourth-order valence-corrected chi connectivity index (χ4v) is 1.85. The van der Waals surface area contributed by atoms with E-state index in [9.17, 15) is 4.79 Å². The van der Waals surface area contributed by atoms with Gasteiger partial charge in [-0.25, -0.2) is 0 Å². The predicted molar refractivity (Wildman–Crippen MR) is 75.3 cm³/mol. The van der Waals surface area contributed by atoms with Crippen molar-refractivity contribution in [3.05, 3.63) is 30.3 Å². The highest BCUT2D eigenvalue weighted by molar-refractivity contribution is 5.66. The number of rotatable bonds is 7. The van der Waals surface area contributed by atoms with Crippen molar-refractivity contribution in [3.63, 3.8) is 0 Å². The smallest absolute Gasteiger partial charge is 0.304 e. The molecule has 112 valence electrons. The van der Waals surface area contributed by atoms with Gasteiger partial charge in [0.25, 0.3) is 0 Å². The summed E-state index contributed by atoms with van der Waals surface area (Å²) in [7, 11) is 0. The third-order valence-electron chi connectivity index (χ3n) is 3.04. The molecule has 1 N–H and O–H groups in total. The van der Waals surface area contributed by atoms with E-state index in [1.807, 2.05) is 30.9 Å². The van der Waals surface area contributed by atoms with Crippen LogP contribution in [0.5, 0.6) is 0 Å². The van der Waals surface area contributed by atoms with Crippen molar-refractivity contribution in [2.75, 3.05) is 6.54 Å². The second kappa shape index (κ2) is 6.94. The molecule has 2 aromatic heterocycles. The van der Waals surface area contributed by atoms with E-state index < -0.39 is 5.97 Å². The fourth-order valence-electron chi connectivity index (χ4n) is 1.85. The molecule has 0 aliphatic rings. The topological polar surface area (TPSA) is 92.4 Å². The van der Waals surface area contributed by atoms with E-state index in [-0.39, 0.29) is 12.5 Å². The van der Waals surface area contributed by atoms with Crippen LogP contribution in [-0.2, 0) is 11.3 Å². The van der Waals surface area contributed by atoms with Gasteiger partial charge in [0.2, 0.25) is 11.7 Å². The first-order chi connectivity index (χ1) is 10.1. The van der Waals surface area contributed by atoms with E-state index in [2.05, 4.69) is 15.1 Å². The van der Waals surface area contributed by atoms with Crippen LogP contribution in [0.1, 0.15) is 26.2 Å². The molecule has 0 aromatic carbocycles. The van der Waals surface area contributed by atoms with E-state index in [4.69, 9.17) is 9.63 Å². The number of carbonyl (C=O) groups is 1. The molecule has 0 aliphatic heterocycles. The molecule has 0 bridgehead atoms. The Hall–Kier alpha value is -2.28. The Labute approximate surface area is 122 Å². The van der Waals surface area contributed by atoms with Crippen molar-refractivity contribution < 1.29 is 14.4 Å². The van der Waals surface area contributed by atoms with Gasteiger partial charge in [0.05, 0.1) is 13.0 Å². The summed E-state index contributed by atoms with van der Waals surface area (Å²) in [4.78, 5) is 21.1. The minimum Gasteiger partial charge on any atom is -0.481 e. The molecule has 7 heteroatoms. The van der Waals surface area contributed by atoms with Crippen LogP contribution in [-0.4, -0.2) is 43.7 Å². The first kappa shape index (κ1) is 15.1. The number of carboxylic acids is 1. The lowest BCUT2D eigenvalue weighted by Gasteiger charge is -2.23. The molecular weight excluding hydrogens is 272 g/mol. The van der Waals surface area contributed by atoms with Crippen LogP contribution in [0.15, 0.2) is 28.9 Å². The van der Waals surface area contributed by atoms with E-state index in [1.165, 1.54) is 0 Å². The molecule has 0 atom stereocenters. The maximum absolute atomic E-state index is 10.7. The zero-order valence-corrected chi connectivity index (χ0v) is 12.1. The Morgan fingerprint density at radius 1 is 1.43 bits per heavy atom. The molecule has 0 radical (unpaired) electrons. The van der Waals surface area contributed by atoms with Gasteiger partial charge < -0.3 is 9.63 Å². The average Bonchev–Trinajstić information content (AvgIpc) is 2.92. The quantitative estimate of drug-likeness (QED) is 0.831. The molecular formula is C14H18N4O3. The molecule has 2 rings (SSSR count). The number of hydrogen-bond donors (Lipinski definition) is 1. The molecule has 0 spiro atoms. The Bertz CT molecular complexity index is 583. The zero-order valence-electron chi connectivity index (χ0n) is 12.1. The van der Waals surface area contributed by atoms with E-state index in [0.717, 1.165) is 0 Å². The molecule has 2 heterocycles. The molecule has 0 aliphatic carbocycles. The van der Waals surface area contributed by atoms with Gasteiger partial charge in [-0.3, -0.25) is 14.7 Å². The minimum atomic E-state index is -0.819. The van der Waals surface area contributed by atoms with E-state index in [0.29, 0.717) is 30.5 Å². The zero-order chi connectivity index (χ0) is 15.2.